The van der Waals surface area contributed by atoms with E-state index in [1.807, 2.05) is 12.1 Å². The van der Waals surface area contributed by atoms with E-state index in [4.69, 9.17) is 11.5 Å². The standard InChI is InChI=1S/C15H17N5O/c16-10-4-5-11-9(8-10)2-1-3-12(11)18-14-7-6-13(15(17)21)19-20-14/h4-8,12H,1-3,16H2,(H2,17,21)(H,18,20). The number of fused-ring (bicyclic) bond motifs is 1. The van der Waals surface area contributed by atoms with Gasteiger partial charge >= 0.3 is 0 Å². The summed E-state index contributed by atoms with van der Waals surface area (Å²) < 4.78 is 0. The maximum Gasteiger partial charge on any atom is 0.269 e. The Morgan fingerprint density at radius 2 is 2.10 bits per heavy atom. The van der Waals surface area contributed by atoms with Gasteiger partial charge in [0.2, 0.25) is 0 Å². The van der Waals surface area contributed by atoms with Crippen molar-refractivity contribution >= 4 is 17.4 Å². The van der Waals surface area contributed by atoms with Crippen LogP contribution >= 0.6 is 0 Å². The number of carbonyl (C=O) groups excluding carboxylic acids is 1. The molecule has 3 rings (SSSR count). The fourth-order valence-corrected chi connectivity index (χ4v) is 2.70. The second-order valence-electron chi connectivity index (χ2n) is 5.22. The molecule has 0 saturated heterocycles. The molecule has 0 spiro atoms. The van der Waals surface area contributed by atoms with Crippen molar-refractivity contribution in [2.45, 2.75) is 25.3 Å². The average Bonchev–Trinajstić information content (AvgIpc) is 2.47. The average molecular weight is 283 g/mol. The molecule has 0 bridgehead atoms. The number of nitrogens with one attached hydrogen (secondary N) is 1. The van der Waals surface area contributed by atoms with Gasteiger partial charge in [-0.3, -0.25) is 4.79 Å². The molecular formula is C15H17N5O. The van der Waals surface area contributed by atoms with Crippen LogP contribution in [-0.4, -0.2) is 16.1 Å². The minimum Gasteiger partial charge on any atom is -0.399 e. The first kappa shape index (κ1) is 13.4. The molecular weight excluding hydrogens is 266 g/mol. The van der Waals surface area contributed by atoms with Crippen molar-refractivity contribution in [1.29, 1.82) is 0 Å². The van der Waals surface area contributed by atoms with Crippen molar-refractivity contribution in [2.24, 2.45) is 5.73 Å². The summed E-state index contributed by atoms with van der Waals surface area (Å²) in [5.41, 5.74) is 14.5. The van der Waals surface area contributed by atoms with Gasteiger partial charge in [0.05, 0.1) is 6.04 Å². The van der Waals surface area contributed by atoms with Gasteiger partial charge in [0.1, 0.15) is 5.82 Å². The van der Waals surface area contributed by atoms with Crippen LogP contribution in [0.3, 0.4) is 0 Å². The quantitative estimate of drug-likeness (QED) is 0.742. The number of hydrogen-bond acceptors (Lipinski definition) is 5. The lowest BCUT2D eigenvalue weighted by Gasteiger charge is -2.27. The molecule has 0 aliphatic heterocycles. The van der Waals surface area contributed by atoms with Crippen molar-refractivity contribution in [3.05, 3.63) is 47.2 Å². The van der Waals surface area contributed by atoms with Gasteiger partial charge in [-0.05, 0) is 54.7 Å². The first-order valence-electron chi connectivity index (χ1n) is 6.92. The summed E-state index contributed by atoms with van der Waals surface area (Å²) in [7, 11) is 0. The predicted molar refractivity (Wildman–Crippen MR) is 80.7 cm³/mol. The lowest BCUT2D eigenvalue weighted by atomic mass is 9.87. The number of nitrogens with two attached hydrogens (primary N) is 2. The second-order valence-corrected chi connectivity index (χ2v) is 5.22. The Balaban J connectivity index is 1.81. The highest BCUT2D eigenvalue weighted by atomic mass is 16.1. The van der Waals surface area contributed by atoms with Gasteiger partial charge in [0.25, 0.3) is 5.91 Å². The van der Waals surface area contributed by atoms with Gasteiger partial charge in [-0.1, -0.05) is 6.07 Å². The molecule has 1 aliphatic rings. The number of amides is 1. The van der Waals surface area contributed by atoms with E-state index in [9.17, 15) is 4.79 Å². The van der Waals surface area contributed by atoms with Crippen LogP contribution in [0, 0.1) is 0 Å². The molecule has 0 fully saturated rings. The molecule has 1 aliphatic carbocycles. The molecule has 1 unspecified atom stereocenters. The summed E-state index contributed by atoms with van der Waals surface area (Å²) in [5, 5.41) is 11.2. The van der Waals surface area contributed by atoms with Crippen LogP contribution in [-0.2, 0) is 6.42 Å². The van der Waals surface area contributed by atoms with Crippen LogP contribution in [0.15, 0.2) is 30.3 Å². The first-order valence-corrected chi connectivity index (χ1v) is 6.92. The zero-order chi connectivity index (χ0) is 14.8. The van der Waals surface area contributed by atoms with Crippen LogP contribution in [0.5, 0.6) is 0 Å². The fourth-order valence-electron chi connectivity index (χ4n) is 2.70. The minimum atomic E-state index is -0.576. The molecule has 1 aromatic carbocycles. The Bertz CT molecular complexity index is 668. The summed E-state index contributed by atoms with van der Waals surface area (Å²) >= 11 is 0. The summed E-state index contributed by atoms with van der Waals surface area (Å²) in [5.74, 6) is 0.0576. The van der Waals surface area contributed by atoms with Crippen molar-refractivity contribution in [1.82, 2.24) is 10.2 Å². The lowest BCUT2D eigenvalue weighted by molar-refractivity contribution is 0.0994. The number of anilines is 2. The van der Waals surface area contributed by atoms with Crippen LogP contribution < -0.4 is 16.8 Å². The molecule has 21 heavy (non-hydrogen) atoms. The van der Waals surface area contributed by atoms with Crippen LogP contribution in [0.4, 0.5) is 11.5 Å². The Kier molecular flexibility index (Phi) is 3.43. The van der Waals surface area contributed by atoms with Gasteiger partial charge in [0, 0.05) is 5.69 Å². The van der Waals surface area contributed by atoms with Gasteiger partial charge in [-0.25, -0.2) is 0 Å². The van der Waals surface area contributed by atoms with Crippen molar-refractivity contribution < 1.29 is 4.79 Å². The highest BCUT2D eigenvalue weighted by molar-refractivity contribution is 5.90. The third kappa shape index (κ3) is 2.79. The van der Waals surface area contributed by atoms with Crippen LogP contribution in [0.1, 0.15) is 40.5 Å². The number of benzene rings is 1. The van der Waals surface area contributed by atoms with Crippen LogP contribution in [0.25, 0.3) is 0 Å². The predicted octanol–water partition coefficient (Wildman–Crippen LogP) is 1.65. The summed E-state index contributed by atoms with van der Waals surface area (Å²) in [6.07, 6.45) is 3.17. The number of primary amides is 1. The maximum atomic E-state index is 11.0. The molecule has 1 amide bonds. The lowest BCUT2D eigenvalue weighted by Crippen LogP contribution is -2.19. The highest BCUT2D eigenvalue weighted by Crippen LogP contribution is 2.33. The van der Waals surface area contributed by atoms with Crippen molar-refractivity contribution in [2.75, 3.05) is 11.1 Å². The molecule has 1 aromatic heterocycles. The molecule has 0 radical (unpaired) electrons. The number of hydrogen-bond donors (Lipinski definition) is 3. The topological polar surface area (TPSA) is 107 Å². The Labute approximate surface area is 122 Å². The van der Waals surface area contributed by atoms with E-state index in [1.54, 1.807) is 12.1 Å². The first-order chi connectivity index (χ1) is 10.1. The normalized spacial score (nSPS) is 17.0. The largest absolute Gasteiger partial charge is 0.399 e. The monoisotopic (exact) mass is 283 g/mol. The van der Waals surface area contributed by atoms with E-state index in [2.05, 4.69) is 21.6 Å². The molecule has 2 aromatic rings. The van der Waals surface area contributed by atoms with E-state index in [-0.39, 0.29) is 11.7 Å². The Hall–Kier alpha value is -2.63. The number of nitrogens with zero attached hydrogens (tertiary/aromatic N) is 2. The minimum absolute atomic E-state index is 0.164. The molecule has 6 nitrogen and oxygen atoms in total. The maximum absolute atomic E-state index is 11.0. The zero-order valence-corrected chi connectivity index (χ0v) is 11.5. The molecule has 1 heterocycles. The van der Waals surface area contributed by atoms with Crippen molar-refractivity contribution in [3.63, 3.8) is 0 Å². The third-order valence-electron chi connectivity index (χ3n) is 3.72. The number of aryl methyl sites for hydroxylation is 1. The van der Waals surface area contributed by atoms with Gasteiger partial charge in [0.15, 0.2) is 5.69 Å². The van der Waals surface area contributed by atoms with Gasteiger partial charge in [-0.2, -0.15) is 0 Å². The van der Waals surface area contributed by atoms with E-state index < -0.39 is 5.91 Å². The fraction of sp³-hybridized carbons (Fsp3) is 0.267. The summed E-state index contributed by atoms with van der Waals surface area (Å²) in [6, 6.07) is 9.49. The molecule has 1 atom stereocenters. The van der Waals surface area contributed by atoms with E-state index >= 15 is 0 Å². The molecule has 6 heteroatoms. The number of nitrogen functional groups attached to an aromatic ring is 1. The Morgan fingerprint density at radius 3 is 2.81 bits per heavy atom. The molecule has 5 N–H and O–H groups in total. The van der Waals surface area contributed by atoms with Gasteiger partial charge < -0.3 is 16.8 Å². The van der Waals surface area contributed by atoms with Crippen LogP contribution in [0.2, 0.25) is 0 Å². The number of carbonyl (C=O) groups is 1. The summed E-state index contributed by atoms with van der Waals surface area (Å²) in [6.45, 7) is 0. The zero-order valence-electron chi connectivity index (χ0n) is 11.5. The molecule has 108 valence electrons. The highest BCUT2D eigenvalue weighted by Gasteiger charge is 2.20. The third-order valence-corrected chi connectivity index (χ3v) is 3.72. The second kappa shape index (κ2) is 5.40. The number of rotatable bonds is 3. The van der Waals surface area contributed by atoms with Crippen molar-refractivity contribution in [3.8, 4) is 0 Å². The van der Waals surface area contributed by atoms with E-state index in [0.29, 0.717) is 5.82 Å². The van der Waals surface area contributed by atoms with E-state index in [0.717, 1.165) is 24.9 Å². The smallest absolute Gasteiger partial charge is 0.269 e. The number of aromatic nitrogens is 2. The summed E-state index contributed by atoms with van der Waals surface area (Å²) in [4.78, 5) is 11.0. The molecule has 0 saturated carbocycles. The van der Waals surface area contributed by atoms with Gasteiger partial charge in [-0.15, -0.1) is 10.2 Å². The Morgan fingerprint density at radius 1 is 1.24 bits per heavy atom. The SMILES string of the molecule is NC(=O)c1ccc(NC2CCCc3cc(N)ccc32)nn1. The van der Waals surface area contributed by atoms with E-state index in [1.165, 1.54) is 11.1 Å².